The van der Waals surface area contributed by atoms with E-state index in [1.54, 1.807) is 12.1 Å². The van der Waals surface area contributed by atoms with E-state index in [-0.39, 0.29) is 5.75 Å². The van der Waals surface area contributed by atoms with Gasteiger partial charge in [-0.1, -0.05) is 22.0 Å². The fraction of sp³-hybridized carbons (Fsp3) is 0.364. The molecule has 1 aromatic rings. The van der Waals surface area contributed by atoms with Gasteiger partial charge in [0.15, 0.2) is 0 Å². The molecule has 0 heterocycles. The minimum atomic E-state index is -0.866. The predicted molar refractivity (Wildman–Crippen MR) is 59.1 cm³/mol. The van der Waals surface area contributed by atoms with Gasteiger partial charge in [0.05, 0.1) is 5.41 Å². The van der Waals surface area contributed by atoms with Crippen LogP contribution in [0.2, 0.25) is 0 Å². The highest BCUT2D eigenvalue weighted by atomic mass is 79.9. The highest BCUT2D eigenvalue weighted by Gasteiger charge is 2.54. The Morgan fingerprint density at radius 1 is 1.47 bits per heavy atom. The molecule has 0 atom stereocenters. The van der Waals surface area contributed by atoms with Crippen LogP contribution < -0.4 is 0 Å². The lowest BCUT2D eigenvalue weighted by Gasteiger charge is -2.15. The lowest BCUT2D eigenvalue weighted by atomic mass is 9.93. The first-order valence-electron chi connectivity index (χ1n) is 4.71. The Bertz CT molecular complexity index is 436. The van der Waals surface area contributed by atoms with Crippen LogP contribution >= 0.6 is 15.9 Å². The summed E-state index contributed by atoms with van der Waals surface area (Å²) in [5.41, 5.74) is 0.597. The molecule has 0 amide bonds. The van der Waals surface area contributed by atoms with Crippen molar-refractivity contribution in [2.45, 2.75) is 25.2 Å². The van der Waals surface area contributed by atoms with Gasteiger partial charge >= 0.3 is 5.97 Å². The van der Waals surface area contributed by atoms with Gasteiger partial charge in [0.25, 0.3) is 0 Å². The van der Waals surface area contributed by atoms with Crippen LogP contribution in [0, 0.1) is 6.92 Å². The third kappa shape index (κ3) is 1.44. The zero-order chi connectivity index (χ0) is 11.2. The van der Waals surface area contributed by atoms with Gasteiger partial charge in [-0.2, -0.15) is 0 Å². The number of carboxylic acids is 1. The highest BCUT2D eigenvalue weighted by molar-refractivity contribution is 9.10. The zero-order valence-electron chi connectivity index (χ0n) is 8.25. The summed E-state index contributed by atoms with van der Waals surface area (Å²) < 4.78 is 0.711. The lowest BCUT2D eigenvalue weighted by Crippen LogP contribution is -2.20. The van der Waals surface area contributed by atoms with Crippen molar-refractivity contribution in [3.63, 3.8) is 0 Å². The number of aryl methyl sites for hydroxylation is 1. The SMILES string of the molecule is Cc1ccc(O)c(C2(C(=O)O)CC2)c1Br. The molecule has 3 nitrogen and oxygen atoms in total. The van der Waals surface area contributed by atoms with Crippen LogP contribution in [0.3, 0.4) is 0 Å². The predicted octanol–water partition coefficient (Wildman–Crippen LogP) is 2.58. The average Bonchev–Trinajstić information content (AvgIpc) is 2.93. The normalized spacial score (nSPS) is 17.5. The molecule has 0 aromatic heterocycles. The fourth-order valence-electron chi connectivity index (χ4n) is 1.82. The molecule has 1 aliphatic rings. The monoisotopic (exact) mass is 270 g/mol. The Labute approximate surface area is 95.9 Å². The van der Waals surface area contributed by atoms with Crippen LogP contribution in [0.1, 0.15) is 24.0 Å². The summed E-state index contributed by atoms with van der Waals surface area (Å²) in [7, 11) is 0. The minimum Gasteiger partial charge on any atom is -0.508 e. The van der Waals surface area contributed by atoms with E-state index in [0.717, 1.165) is 5.56 Å². The van der Waals surface area contributed by atoms with Gasteiger partial charge in [-0.3, -0.25) is 4.79 Å². The van der Waals surface area contributed by atoms with Crippen LogP contribution in [0.5, 0.6) is 5.75 Å². The maximum Gasteiger partial charge on any atom is 0.314 e. The van der Waals surface area contributed by atoms with E-state index in [9.17, 15) is 9.90 Å². The van der Waals surface area contributed by atoms with E-state index < -0.39 is 11.4 Å². The Hall–Kier alpha value is -1.03. The Morgan fingerprint density at radius 3 is 2.53 bits per heavy atom. The summed E-state index contributed by atoms with van der Waals surface area (Å²) in [5, 5.41) is 18.9. The lowest BCUT2D eigenvalue weighted by molar-refractivity contribution is -0.140. The molecule has 4 heteroatoms. The molecule has 1 saturated carbocycles. The Kier molecular flexibility index (Phi) is 2.26. The molecule has 2 rings (SSSR count). The summed E-state index contributed by atoms with van der Waals surface area (Å²) in [6, 6.07) is 3.32. The van der Waals surface area contributed by atoms with E-state index in [1.807, 2.05) is 6.92 Å². The second kappa shape index (κ2) is 3.23. The first-order valence-corrected chi connectivity index (χ1v) is 5.50. The minimum absolute atomic E-state index is 0.0624. The second-order valence-electron chi connectivity index (χ2n) is 3.98. The number of rotatable bonds is 2. The quantitative estimate of drug-likeness (QED) is 0.869. The number of benzene rings is 1. The molecule has 1 aliphatic carbocycles. The van der Waals surface area contributed by atoms with Crippen molar-refractivity contribution in [3.05, 3.63) is 27.7 Å². The maximum absolute atomic E-state index is 11.2. The molecule has 1 aromatic carbocycles. The van der Waals surface area contributed by atoms with E-state index in [0.29, 0.717) is 22.9 Å². The van der Waals surface area contributed by atoms with Gasteiger partial charge in [-0.05, 0) is 31.4 Å². The van der Waals surface area contributed by atoms with Gasteiger partial charge in [0, 0.05) is 10.0 Å². The Balaban J connectivity index is 2.62. The number of aromatic hydroxyl groups is 1. The number of halogens is 1. The summed E-state index contributed by atoms with van der Waals surface area (Å²) in [4.78, 5) is 11.2. The van der Waals surface area contributed by atoms with Gasteiger partial charge in [0.2, 0.25) is 0 Å². The van der Waals surface area contributed by atoms with Crippen LogP contribution in [-0.2, 0) is 10.2 Å². The number of phenolic OH excluding ortho intramolecular Hbond substituents is 1. The molecule has 0 aliphatic heterocycles. The van der Waals surface area contributed by atoms with Gasteiger partial charge < -0.3 is 10.2 Å². The fourth-order valence-corrected chi connectivity index (χ4v) is 2.54. The number of phenols is 1. The van der Waals surface area contributed by atoms with E-state index in [2.05, 4.69) is 15.9 Å². The zero-order valence-corrected chi connectivity index (χ0v) is 9.84. The first-order chi connectivity index (χ1) is 6.99. The molecule has 2 N–H and O–H groups in total. The highest BCUT2D eigenvalue weighted by Crippen LogP contribution is 2.54. The number of carboxylic acid groups (broad SMARTS) is 1. The summed E-state index contributed by atoms with van der Waals surface area (Å²) in [5.74, 6) is -0.795. The van der Waals surface area contributed by atoms with Crippen molar-refractivity contribution in [2.24, 2.45) is 0 Å². The molecule has 80 valence electrons. The van der Waals surface area contributed by atoms with Crippen molar-refractivity contribution in [3.8, 4) is 5.75 Å². The van der Waals surface area contributed by atoms with E-state index in [4.69, 9.17) is 5.11 Å². The van der Waals surface area contributed by atoms with Crippen molar-refractivity contribution in [1.82, 2.24) is 0 Å². The topological polar surface area (TPSA) is 57.5 Å². The number of carbonyl (C=O) groups is 1. The van der Waals surface area contributed by atoms with Crippen LogP contribution in [0.4, 0.5) is 0 Å². The third-order valence-electron chi connectivity index (χ3n) is 2.95. The largest absolute Gasteiger partial charge is 0.508 e. The van der Waals surface area contributed by atoms with E-state index in [1.165, 1.54) is 0 Å². The second-order valence-corrected chi connectivity index (χ2v) is 4.77. The average molecular weight is 271 g/mol. The third-order valence-corrected chi connectivity index (χ3v) is 3.97. The van der Waals surface area contributed by atoms with Crippen molar-refractivity contribution in [2.75, 3.05) is 0 Å². The maximum atomic E-state index is 11.2. The molecular weight excluding hydrogens is 260 g/mol. The first kappa shape index (κ1) is 10.5. The summed E-state index contributed by atoms with van der Waals surface area (Å²) in [6.45, 7) is 1.88. The smallest absolute Gasteiger partial charge is 0.314 e. The standard InChI is InChI=1S/C11H11BrO3/c1-6-2-3-7(13)8(9(6)12)11(4-5-11)10(14)15/h2-3,13H,4-5H2,1H3,(H,14,15). The molecule has 0 unspecified atom stereocenters. The molecule has 1 fully saturated rings. The summed E-state index contributed by atoms with van der Waals surface area (Å²) in [6.07, 6.45) is 1.19. The summed E-state index contributed by atoms with van der Waals surface area (Å²) >= 11 is 3.35. The molecule has 0 spiro atoms. The van der Waals surface area contributed by atoms with Crippen LogP contribution in [-0.4, -0.2) is 16.2 Å². The van der Waals surface area contributed by atoms with Crippen LogP contribution in [0.15, 0.2) is 16.6 Å². The number of aliphatic carboxylic acids is 1. The molecule has 0 saturated heterocycles. The van der Waals surface area contributed by atoms with Crippen molar-refractivity contribution in [1.29, 1.82) is 0 Å². The number of hydrogen-bond acceptors (Lipinski definition) is 2. The van der Waals surface area contributed by atoms with Gasteiger partial charge in [0.1, 0.15) is 5.75 Å². The van der Waals surface area contributed by atoms with E-state index >= 15 is 0 Å². The number of hydrogen-bond donors (Lipinski definition) is 2. The molecule has 0 bridgehead atoms. The molecule has 0 radical (unpaired) electrons. The van der Waals surface area contributed by atoms with Crippen molar-refractivity contribution < 1.29 is 15.0 Å². The Morgan fingerprint density at radius 2 is 2.07 bits per heavy atom. The van der Waals surface area contributed by atoms with Gasteiger partial charge in [-0.15, -0.1) is 0 Å². The van der Waals surface area contributed by atoms with Crippen molar-refractivity contribution >= 4 is 21.9 Å². The molecular formula is C11H11BrO3. The molecule has 15 heavy (non-hydrogen) atoms. The van der Waals surface area contributed by atoms with Gasteiger partial charge in [-0.25, -0.2) is 0 Å². The van der Waals surface area contributed by atoms with Crippen LogP contribution in [0.25, 0.3) is 0 Å².